The van der Waals surface area contributed by atoms with Crippen LogP contribution in [0.25, 0.3) is 0 Å². The van der Waals surface area contributed by atoms with Gasteiger partial charge in [0.2, 0.25) is 0 Å². The van der Waals surface area contributed by atoms with Crippen LogP contribution in [0.2, 0.25) is 0 Å². The van der Waals surface area contributed by atoms with Crippen molar-refractivity contribution in [2.24, 2.45) is 9.98 Å². The van der Waals surface area contributed by atoms with Crippen LogP contribution >= 0.6 is 0 Å². The predicted molar refractivity (Wildman–Crippen MR) is 67.5 cm³/mol. The zero-order valence-corrected chi connectivity index (χ0v) is 10.5. The summed E-state index contributed by atoms with van der Waals surface area (Å²) in [4.78, 5) is 38.2. The summed E-state index contributed by atoms with van der Waals surface area (Å²) in [6.07, 6.45) is 3.37. The number of ether oxygens (including phenoxy) is 2. The van der Waals surface area contributed by atoms with Crippen molar-refractivity contribution >= 4 is 30.2 Å². The maximum Gasteiger partial charge on any atom is 0.301 e. The van der Waals surface area contributed by atoms with Crippen LogP contribution in [0.3, 0.4) is 0 Å². The number of aliphatic imine (C=N–C) groups is 2. The Bertz CT molecular complexity index is 356. The van der Waals surface area contributed by atoms with Gasteiger partial charge in [-0.15, -0.1) is 0 Å². The number of ketones is 1. The fraction of sp³-hybridized carbons (Fsp3) is 0.583. The Morgan fingerprint density at radius 3 is 1.79 bits per heavy atom. The lowest BCUT2D eigenvalue weighted by molar-refractivity contribution is -0.110. The fourth-order valence-corrected chi connectivity index (χ4v) is 1.32. The van der Waals surface area contributed by atoms with Crippen LogP contribution < -0.4 is 0 Å². The molecule has 7 heteroatoms. The fourth-order valence-electron chi connectivity index (χ4n) is 1.32. The molecule has 2 aliphatic rings. The van der Waals surface area contributed by atoms with E-state index >= 15 is 0 Å². The van der Waals surface area contributed by atoms with Crippen LogP contribution in [0.4, 0.5) is 0 Å². The van der Waals surface area contributed by atoms with Gasteiger partial charge in [-0.2, -0.15) is 0 Å². The van der Waals surface area contributed by atoms with E-state index in [9.17, 15) is 14.4 Å². The molecular weight excluding hydrogens is 252 g/mol. The van der Waals surface area contributed by atoms with Crippen LogP contribution in [0.5, 0.6) is 0 Å². The van der Waals surface area contributed by atoms with Gasteiger partial charge in [-0.05, 0) is 6.42 Å². The number of rotatable bonds is 6. The number of unbranched alkanes of at least 4 members (excludes halogenated alkanes) is 2. The first-order valence-corrected chi connectivity index (χ1v) is 6.06. The average molecular weight is 268 g/mol. The Kier molecular flexibility index (Phi) is 7.08. The summed E-state index contributed by atoms with van der Waals surface area (Å²) in [5, 5.41) is 0. The first-order valence-electron chi connectivity index (χ1n) is 6.06. The Balaban J connectivity index is 0.000000224. The van der Waals surface area contributed by atoms with Crippen LogP contribution in [0.1, 0.15) is 19.3 Å². The second kappa shape index (κ2) is 8.96. The van der Waals surface area contributed by atoms with Gasteiger partial charge in [0.25, 0.3) is 11.8 Å². The molecule has 0 amide bonds. The van der Waals surface area contributed by atoms with Crippen molar-refractivity contribution in [1.29, 1.82) is 0 Å². The molecule has 0 aromatic heterocycles. The quantitative estimate of drug-likeness (QED) is 0.498. The lowest BCUT2D eigenvalue weighted by Crippen LogP contribution is -2.24. The minimum atomic E-state index is -0.329. The third kappa shape index (κ3) is 5.41. The van der Waals surface area contributed by atoms with Gasteiger partial charge in [0.15, 0.2) is 0 Å². The number of Topliss-reactive ketones (excluding diaryl/α,β-unsaturated/α-hetero) is 1. The Labute approximate surface area is 110 Å². The van der Waals surface area contributed by atoms with E-state index in [1.54, 1.807) is 0 Å². The maximum absolute atomic E-state index is 11.3. The first-order chi connectivity index (χ1) is 9.29. The van der Waals surface area contributed by atoms with E-state index < -0.39 is 0 Å². The molecular formula is C12H16N2O5. The van der Waals surface area contributed by atoms with Crippen molar-refractivity contribution in [3.63, 3.8) is 0 Å². The molecule has 0 bridgehead atoms. The van der Waals surface area contributed by atoms with Crippen molar-refractivity contribution < 1.29 is 23.9 Å². The van der Waals surface area contributed by atoms with E-state index in [1.165, 1.54) is 0 Å². The molecule has 19 heavy (non-hydrogen) atoms. The number of nitrogens with zero attached hydrogens (tertiary/aromatic N) is 2. The van der Waals surface area contributed by atoms with Crippen LogP contribution in [0.15, 0.2) is 9.98 Å². The average Bonchev–Trinajstić information content (AvgIpc) is 3.13. The van der Waals surface area contributed by atoms with E-state index in [1.807, 2.05) is 0 Å². The lowest BCUT2D eigenvalue weighted by atomic mass is 10.3. The van der Waals surface area contributed by atoms with Crippen LogP contribution in [-0.4, -0.2) is 56.5 Å². The summed E-state index contributed by atoms with van der Waals surface area (Å²) in [5.41, 5.74) is 0. The number of aldehydes is 2. The van der Waals surface area contributed by atoms with Crippen molar-refractivity contribution in [3.8, 4) is 0 Å². The molecule has 0 radical (unpaired) electrons. The molecule has 7 nitrogen and oxygen atoms in total. The second-order valence-electron chi connectivity index (χ2n) is 3.66. The number of carbonyl (C=O) groups excluding carboxylic acids is 3. The summed E-state index contributed by atoms with van der Waals surface area (Å²) in [6, 6.07) is 0. The van der Waals surface area contributed by atoms with Gasteiger partial charge in [0.05, 0.1) is 13.1 Å². The molecule has 0 saturated heterocycles. The molecule has 104 valence electrons. The third-order valence-corrected chi connectivity index (χ3v) is 2.20. The van der Waals surface area contributed by atoms with Crippen LogP contribution in [0, 0.1) is 0 Å². The molecule has 0 aromatic carbocycles. The second-order valence-corrected chi connectivity index (χ2v) is 3.66. The van der Waals surface area contributed by atoms with Gasteiger partial charge in [0, 0.05) is 12.8 Å². The highest BCUT2D eigenvalue weighted by molar-refractivity contribution is 6.63. The molecule has 0 atom stereocenters. The summed E-state index contributed by atoms with van der Waals surface area (Å²) in [5.74, 6) is -0.0590. The normalized spacial score (nSPS) is 16.2. The molecule has 2 rings (SSSR count). The zero-order chi connectivity index (χ0) is 13.9. The summed E-state index contributed by atoms with van der Waals surface area (Å²) >= 11 is 0. The van der Waals surface area contributed by atoms with Gasteiger partial charge in [0.1, 0.15) is 25.8 Å². The minimum Gasteiger partial charge on any atom is -0.473 e. The highest BCUT2D eigenvalue weighted by Crippen LogP contribution is 2.01. The molecule has 0 saturated carbocycles. The minimum absolute atomic E-state index is 0.135. The van der Waals surface area contributed by atoms with Gasteiger partial charge in [-0.1, -0.05) is 0 Å². The van der Waals surface area contributed by atoms with Gasteiger partial charge in [-0.25, -0.2) is 9.98 Å². The van der Waals surface area contributed by atoms with Crippen molar-refractivity contribution in [2.45, 2.75) is 19.3 Å². The maximum atomic E-state index is 11.3. The zero-order valence-electron chi connectivity index (χ0n) is 10.5. The molecule has 0 N–H and O–H groups in total. The predicted octanol–water partition coefficient (Wildman–Crippen LogP) is -0.0326. The molecule has 0 aromatic rings. The van der Waals surface area contributed by atoms with Gasteiger partial charge in [-0.3, -0.25) is 4.79 Å². The van der Waals surface area contributed by atoms with E-state index in [2.05, 4.69) is 9.98 Å². The number of carbonyl (C=O) groups is 3. The largest absolute Gasteiger partial charge is 0.473 e. The summed E-state index contributed by atoms with van der Waals surface area (Å²) < 4.78 is 9.93. The Hall–Kier alpha value is -2.05. The summed E-state index contributed by atoms with van der Waals surface area (Å²) in [6.45, 7) is 2.06. The van der Waals surface area contributed by atoms with Crippen molar-refractivity contribution in [1.82, 2.24) is 0 Å². The molecule has 2 aliphatic heterocycles. The van der Waals surface area contributed by atoms with Crippen molar-refractivity contribution in [3.05, 3.63) is 0 Å². The Morgan fingerprint density at radius 1 is 1.00 bits per heavy atom. The third-order valence-electron chi connectivity index (χ3n) is 2.20. The van der Waals surface area contributed by atoms with Gasteiger partial charge >= 0.3 is 5.78 Å². The van der Waals surface area contributed by atoms with E-state index in [4.69, 9.17) is 9.47 Å². The standard InChI is InChI=1S/C7H8N2O3.C5H8O2/c10-5(6-8-1-3-11-6)7-9-2-4-12-7;6-4-2-1-3-5-7/h1-4H2;4-5H,1-3H2. The van der Waals surface area contributed by atoms with Crippen molar-refractivity contribution in [2.75, 3.05) is 26.3 Å². The van der Waals surface area contributed by atoms with E-state index in [0.717, 1.165) is 12.6 Å². The van der Waals surface area contributed by atoms with Gasteiger partial charge < -0.3 is 19.1 Å². The molecule has 0 spiro atoms. The van der Waals surface area contributed by atoms with E-state index in [-0.39, 0.29) is 17.6 Å². The molecule has 2 heterocycles. The molecule has 0 unspecified atom stereocenters. The monoisotopic (exact) mass is 268 g/mol. The highest BCUT2D eigenvalue weighted by Gasteiger charge is 2.26. The number of hydrogen-bond donors (Lipinski definition) is 0. The smallest absolute Gasteiger partial charge is 0.301 e. The lowest BCUT2D eigenvalue weighted by Gasteiger charge is -1.99. The molecule has 0 aliphatic carbocycles. The first kappa shape index (κ1) is 15.0. The molecule has 0 fully saturated rings. The van der Waals surface area contributed by atoms with Crippen LogP contribution in [-0.2, 0) is 23.9 Å². The van der Waals surface area contributed by atoms with E-state index in [0.29, 0.717) is 45.6 Å². The highest BCUT2D eigenvalue weighted by atomic mass is 16.5. The summed E-state index contributed by atoms with van der Waals surface area (Å²) in [7, 11) is 0. The SMILES string of the molecule is O=C(C1=NCCO1)C1=NCCO1.O=CCCCC=O. The topological polar surface area (TPSA) is 94.4 Å². The Morgan fingerprint density at radius 2 is 1.47 bits per heavy atom. The number of hydrogen-bond acceptors (Lipinski definition) is 7.